The molecular weight excluding hydrogens is 294 g/mol. The Morgan fingerprint density at radius 1 is 1.43 bits per heavy atom. The molecule has 2 heterocycles. The number of hydrogen-bond acceptors (Lipinski definition) is 5. The molecule has 118 valence electrons. The Morgan fingerprint density at radius 2 is 2.30 bits per heavy atom. The van der Waals surface area contributed by atoms with Crippen molar-refractivity contribution in [3.8, 4) is 11.8 Å². The van der Waals surface area contributed by atoms with Crippen molar-refractivity contribution in [3.63, 3.8) is 0 Å². The minimum absolute atomic E-state index is 0.0893. The SMILES string of the molecule is N#Cc1ccccc1OCC(=O)N1CCCC[C@H]1c1ncn[nH]1. The maximum atomic E-state index is 12.5. The average molecular weight is 311 g/mol. The van der Waals surface area contributed by atoms with Crippen molar-refractivity contribution >= 4 is 5.91 Å². The van der Waals surface area contributed by atoms with E-state index in [0.717, 1.165) is 19.3 Å². The van der Waals surface area contributed by atoms with E-state index in [2.05, 4.69) is 21.3 Å². The lowest BCUT2D eigenvalue weighted by atomic mass is 10.0. The molecule has 1 saturated heterocycles. The molecule has 1 aromatic carbocycles. The van der Waals surface area contributed by atoms with E-state index in [1.54, 1.807) is 29.2 Å². The molecule has 0 saturated carbocycles. The fourth-order valence-electron chi connectivity index (χ4n) is 2.80. The van der Waals surface area contributed by atoms with Crippen LogP contribution in [0.5, 0.6) is 5.75 Å². The summed E-state index contributed by atoms with van der Waals surface area (Å²) in [5.41, 5.74) is 0.422. The zero-order chi connectivity index (χ0) is 16.1. The molecule has 2 aromatic rings. The smallest absolute Gasteiger partial charge is 0.261 e. The van der Waals surface area contributed by atoms with E-state index in [9.17, 15) is 4.79 Å². The maximum absolute atomic E-state index is 12.5. The number of H-pyrrole nitrogens is 1. The highest BCUT2D eigenvalue weighted by molar-refractivity contribution is 5.78. The van der Waals surface area contributed by atoms with Crippen LogP contribution in [0.25, 0.3) is 0 Å². The highest BCUT2D eigenvalue weighted by atomic mass is 16.5. The molecule has 1 N–H and O–H groups in total. The topological polar surface area (TPSA) is 94.9 Å². The fraction of sp³-hybridized carbons (Fsp3) is 0.375. The zero-order valence-electron chi connectivity index (χ0n) is 12.6. The summed E-state index contributed by atoms with van der Waals surface area (Å²) in [6.07, 6.45) is 4.32. The quantitative estimate of drug-likeness (QED) is 0.929. The number of rotatable bonds is 4. The van der Waals surface area contributed by atoms with Gasteiger partial charge in [-0.25, -0.2) is 4.98 Å². The van der Waals surface area contributed by atoms with Gasteiger partial charge in [0.05, 0.1) is 11.6 Å². The summed E-state index contributed by atoms with van der Waals surface area (Å²) in [5, 5.41) is 15.8. The Hall–Kier alpha value is -2.88. The van der Waals surface area contributed by atoms with Crippen LogP contribution in [0.3, 0.4) is 0 Å². The van der Waals surface area contributed by atoms with E-state index in [4.69, 9.17) is 10.00 Å². The fourth-order valence-corrected chi connectivity index (χ4v) is 2.80. The highest BCUT2D eigenvalue weighted by Crippen LogP contribution is 2.28. The predicted molar refractivity (Wildman–Crippen MR) is 81.3 cm³/mol. The molecule has 0 spiro atoms. The number of hydrogen-bond donors (Lipinski definition) is 1. The van der Waals surface area contributed by atoms with Gasteiger partial charge in [-0.1, -0.05) is 12.1 Å². The van der Waals surface area contributed by atoms with Gasteiger partial charge in [-0.05, 0) is 31.4 Å². The summed E-state index contributed by atoms with van der Waals surface area (Å²) in [6, 6.07) is 8.86. The molecule has 1 fully saturated rings. The van der Waals surface area contributed by atoms with Gasteiger partial charge in [0.1, 0.15) is 24.0 Å². The van der Waals surface area contributed by atoms with Crippen LogP contribution in [-0.4, -0.2) is 39.1 Å². The Kier molecular flexibility index (Phi) is 4.52. The third-order valence-corrected chi connectivity index (χ3v) is 3.93. The molecule has 0 radical (unpaired) electrons. The van der Waals surface area contributed by atoms with E-state index < -0.39 is 0 Å². The highest BCUT2D eigenvalue weighted by Gasteiger charge is 2.30. The first-order chi connectivity index (χ1) is 11.3. The first-order valence-corrected chi connectivity index (χ1v) is 7.56. The van der Waals surface area contributed by atoms with Crippen molar-refractivity contribution < 1.29 is 9.53 Å². The molecule has 1 aliphatic rings. The number of likely N-dealkylation sites (tertiary alicyclic amines) is 1. The summed E-state index contributed by atoms with van der Waals surface area (Å²) >= 11 is 0. The van der Waals surface area contributed by atoms with Crippen LogP contribution < -0.4 is 4.74 Å². The monoisotopic (exact) mass is 311 g/mol. The number of aromatic amines is 1. The molecule has 1 amide bonds. The standard InChI is InChI=1S/C16H17N5O2/c17-9-12-5-1-2-7-14(12)23-10-15(22)21-8-4-3-6-13(21)16-18-11-19-20-16/h1-2,5,7,11,13H,3-4,6,8,10H2,(H,18,19,20)/t13-/m0/s1. The first-order valence-electron chi connectivity index (χ1n) is 7.56. The number of amides is 1. The number of piperidine rings is 1. The van der Waals surface area contributed by atoms with Crippen molar-refractivity contribution in [2.24, 2.45) is 0 Å². The van der Waals surface area contributed by atoms with Gasteiger partial charge < -0.3 is 9.64 Å². The van der Waals surface area contributed by atoms with Gasteiger partial charge >= 0.3 is 0 Å². The average Bonchev–Trinajstić information content (AvgIpc) is 3.14. The molecule has 1 aliphatic heterocycles. The Labute approximate surface area is 133 Å². The second kappa shape index (κ2) is 6.92. The lowest BCUT2D eigenvalue weighted by molar-refractivity contribution is -0.137. The van der Waals surface area contributed by atoms with Crippen molar-refractivity contribution in [2.45, 2.75) is 25.3 Å². The minimum atomic E-state index is -0.112. The first kappa shape index (κ1) is 15.0. The van der Waals surface area contributed by atoms with Crippen LogP contribution >= 0.6 is 0 Å². The van der Waals surface area contributed by atoms with Crippen LogP contribution in [0.4, 0.5) is 0 Å². The van der Waals surface area contributed by atoms with E-state index in [0.29, 0.717) is 23.7 Å². The number of nitriles is 1. The summed E-state index contributed by atoms with van der Waals surface area (Å²) in [4.78, 5) is 18.5. The van der Waals surface area contributed by atoms with Crippen LogP contribution in [0, 0.1) is 11.3 Å². The Morgan fingerprint density at radius 3 is 3.09 bits per heavy atom. The molecule has 0 bridgehead atoms. The second-order valence-electron chi connectivity index (χ2n) is 5.37. The summed E-state index contributed by atoms with van der Waals surface area (Å²) in [7, 11) is 0. The molecule has 0 unspecified atom stereocenters. The van der Waals surface area contributed by atoms with E-state index in [1.165, 1.54) is 6.33 Å². The third-order valence-electron chi connectivity index (χ3n) is 3.93. The number of carbonyl (C=O) groups is 1. The van der Waals surface area contributed by atoms with Crippen molar-refractivity contribution in [1.82, 2.24) is 20.1 Å². The van der Waals surface area contributed by atoms with E-state index in [1.807, 2.05) is 0 Å². The number of nitrogens with one attached hydrogen (secondary N) is 1. The maximum Gasteiger partial charge on any atom is 0.261 e. The number of aromatic nitrogens is 3. The number of ether oxygens (including phenoxy) is 1. The third kappa shape index (κ3) is 3.31. The van der Waals surface area contributed by atoms with Crippen LogP contribution in [0.1, 0.15) is 36.7 Å². The lowest BCUT2D eigenvalue weighted by Crippen LogP contribution is -2.41. The zero-order valence-corrected chi connectivity index (χ0v) is 12.6. The van der Waals surface area contributed by atoms with Crippen LogP contribution in [0.15, 0.2) is 30.6 Å². The molecular formula is C16H17N5O2. The lowest BCUT2D eigenvalue weighted by Gasteiger charge is -2.34. The second-order valence-corrected chi connectivity index (χ2v) is 5.37. The molecule has 3 rings (SSSR count). The minimum Gasteiger partial charge on any atom is -0.482 e. The number of carbonyl (C=O) groups excluding carboxylic acids is 1. The molecule has 0 aliphatic carbocycles. The van der Waals surface area contributed by atoms with Crippen LogP contribution in [-0.2, 0) is 4.79 Å². The number of para-hydroxylation sites is 1. The summed E-state index contributed by atoms with van der Waals surface area (Å²) < 4.78 is 5.55. The molecule has 7 nitrogen and oxygen atoms in total. The normalized spacial score (nSPS) is 17.5. The summed E-state index contributed by atoms with van der Waals surface area (Å²) in [6.45, 7) is 0.580. The Bertz CT molecular complexity index is 708. The van der Waals surface area contributed by atoms with Gasteiger partial charge in [-0.3, -0.25) is 9.89 Å². The molecule has 1 aromatic heterocycles. The van der Waals surface area contributed by atoms with E-state index >= 15 is 0 Å². The molecule has 23 heavy (non-hydrogen) atoms. The van der Waals surface area contributed by atoms with E-state index in [-0.39, 0.29) is 18.6 Å². The van der Waals surface area contributed by atoms with Gasteiger partial charge in [0, 0.05) is 6.54 Å². The molecule has 1 atom stereocenters. The predicted octanol–water partition coefficient (Wildman–Crippen LogP) is 1.81. The van der Waals surface area contributed by atoms with Crippen LogP contribution in [0.2, 0.25) is 0 Å². The number of benzene rings is 1. The van der Waals surface area contributed by atoms with Gasteiger partial charge in [0.15, 0.2) is 6.61 Å². The van der Waals surface area contributed by atoms with Gasteiger partial charge in [-0.2, -0.15) is 10.4 Å². The van der Waals surface area contributed by atoms with Gasteiger partial charge in [-0.15, -0.1) is 0 Å². The van der Waals surface area contributed by atoms with Gasteiger partial charge in [0.25, 0.3) is 5.91 Å². The van der Waals surface area contributed by atoms with Crippen molar-refractivity contribution in [1.29, 1.82) is 5.26 Å². The van der Waals surface area contributed by atoms with Crippen molar-refractivity contribution in [2.75, 3.05) is 13.2 Å². The molecule has 7 heteroatoms. The van der Waals surface area contributed by atoms with Gasteiger partial charge in [0.2, 0.25) is 0 Å². The largest absolute Gasteiger partial charge is 0.482 e. The van der Waals surface area contributed by atoms with Crippen molar-refractivity contribution in [3.05, 3.63) is 42.0 Å². The number of nitrogens with zero attached hydrogens (tertiary/aromatic N) is 4. The Balaban J connectivity index is 1.68. The summed E-state index contributed by atoms with van der Waals surface area (Å²) in [5.74, 6) is 1.02.